The van der Waals surface area contributed by atoms with Crippen LogP contribution in [0.3, 0.4) is 0 Å². The molecule has 0 rings (SSSR count). The Morgan fingerprint density at radius 1 is 1.25 bits per heavy atom. The Kier molecular flexibility index (Phi) is 576. The predicted molar refractivity (Wildman–Crippen MR) is 14.6 cm³/mol. The molecule has 1 nitrogen and oxygen atoms in total. The van der Waals surface area contributed by atoms with Gasteiger partial charge in [-0.05, 0) is 0 Å². The maximum atomic E-state index is 3.25. The van der Waals surface area contributed by atoms with Crippen molar-refractivity contribution in [1.82, 2.24) is 0 Å². The van der Waals surface area contributed by atoms with Crippen LogP contribution in [0.15, 0.2) is 0 Å². The van der Waals surface area contributed by atoms with Crippen molar-refractivity contribution in [3.8, 4) is 0 Å². The van der Waals surface area contributed by atoms with Crippen LogP contribution in [-0.2, 0) is 17.1 Å². The van der Waals surface area contributed by atoms with Gasteiger partial charge >= 0.3 is 0 Å². The normalized spacial score (nSPS) is 1.50. The van der Waals surface area contributed by atoms with Crippen LogP contribution in [0.25, 0.3) is 0 Å². The second-order valence-electron chi connectivity index (χ2n) is 0. The standard InChI is InChI=1S/C2H5.Fe.H2O/c1-2;;/h1H2,2H3;;1H2/q-1;;. The molecular weight excluding hydrogens is 95.9 g/mol. The first-order chi connectivity index (χ1) is 1.00. The minimum atomic E-state index is 0. The first-order valence-corrected chi connectivity index (χ1v) is 0.707. The molecule has 0 unspecified atom stereocenters. The van der Waals surface area contributed by atoms with E-state index in [0.29, 0.717) is 0 Å². The fraction of sp³-hybridized carbons (Fsp3) is 0.500. The third-order valence-electron chi connectivity index (χ3n) is 0. The summed E-state index contributed by atoms with van der Waals surface area (Å²) in [5.74, 6) is 0. The summed E-state index contributed by atoms with van der Waals surface area (Å²) >= 11 is 0. The molecule has 0 fully saturated rings. The van der Waals surface area contributed by atoms with Gasteiger partial charge in [0.1, 0.15) is 0 Å². The van der Waals surface area contributed by atoms with E-state index < -0.39 is 0 Å². The van der Waals surface area contributed by atoms with E-state index in [1.54, 1.807) is 6.92 Å². The van der Waals surface area contributed by atoms with Crippen LogP contribution in [0.2, 0.25) is 0 Å². The summed E-state index contributed by atoms with van der Waals surface area (Å²) in [5, 5.41) is 0. The van der Waals surface area contributed by atoms with Gasteiger partial charge in [0.15, 0.2) is 0 Å². The predicted octanol–water partition coefficient (Wildman–Crippen LogP) is 0.0132. The third-order valence-corrected chi connectivity index (χ3v) is 0. The van der Waals surface area contributed by atoms with Gasteiger partial charge in [0.25, 0.3) is 0 Å². The van der Waals surface area contributed by atoms with E-state index in [4.69, 9.17) is 0 Å². The first kappa shape index (κ1) is 24.8. The van der Waals surface area contributed by atoms with Crippen LogP contribution < -0.4 is 0 Å². The summed E-state index contributed by atoms with van der Waals surface area (Å²) in [6.07, 6.45) is 0. The molecule has 0 aliphatic rings. The molecule has 0 amide bonds. The maximum Gasteiger partial charge on any atom is 0 e. The minimum absolute atomic E-state index is 0. The quantitative estimate of drug-likeness (QED) is 0.305. The smallest absolute Gasteiger partial charge is 0 e. The van der Waals surface area contributed by atoms with Crippen molar-refractivity contribution in [2.24, 2.45) is 0 Å². The van der Waals surface area contributed by atoms with Crippen molar-refractivity contribution < 1.29 is 22.5 Å². The van der Waals surface area contributed by atoms with Crippen molar-refractivity contribution in [3.05, 3.63) is 6.92 Å². The van der Waals surface area contributed by atoms with Crippen molar-refractivity contribution in [1.29, 1.82) is 0 Å². The Bertz CT molecular complexity index is 6.00. The van der Waals surface area contributed by atoms with Gasteiger partial charge in [-0.3, -0.25) is 0 Å². The molecule has 0 aliphatic heterocycles. The molecule has 0 aromatic heterocycles. The summed E-state index contributed by atoms with van der Waals surface area (Å²) in [7, 11) is 0. The Hall–Kier alpha value is 0.479. The summed E-state index contributed by atoms with van der Waals surface area (Å²) in [6.45, 7) is 5.00. The van der Waals surface area contributed by atoms with Crippen molar-refractivity contribution in [3.63, 3.8) is 0 Å². The van der Waals surface area contributed by atoms with Gasteiger partial charge in [-0.1, -0.05) is 0 Å². The molecule has 0 saturated carbocycles. The van der Waals surface area contributed by atoms with Crippen molar-refractivity contribution in [2.75, 3.05) is 0 Å². The third kappa shape index (κ3) is 23.6. The molecule has 0 aliphatic carbocycles. The first-order valence-electron chi connectivity index (χ1n) is 0.707. The molecule has 0 heterocycles. The molecular formula is C2H7FeO-. The van der Waals surface area contributed by atoms with Crippen LogP contribution in [-0.4, -0.2) is 5.48 Å². The summed E-state index contributed by atoms with van der Waals surface area (Å²) < 4.78 is 0. The summed E-state index contributed by atoms with van der Waals surface area (Å²) in [5.41, 5.74) is 0. The topological polar surface area (TPSA) is 31.5 Å². The number of hydrogen-bond acceptors (Lipinski definition) is 0. The van der Waals surface area contributed by atoms with Crippen LogP contribution in [0.5, 0.6) is 0 Å². The van der Waals surface area contributed by atoms with E-state index in [-0.39, 0.29) is 22.5 Å². The Morgan fingerprint density at radius 2 is 1.25 bits per heavy atom. The second kappa shape index (κ2) is 93.0. The Labute approximate surface area is 37.2 Å². The Balaban J connectivity index is -0.00000000500. The van der Waals surface area contributed by atoms with Crippen LogP contribution >= 0.6 is 0 Å². The summed E-state index contributed by atoms with van der Waals surface area (Å²) in [4.78, 5) is 0. The molecule has 0 spiro atoms. The Morgan fingerprint density at radius 3 is 1.25 bits per heavy atom. The maximum absolute atomic E-state index is 3.25. The zero-order valence-corrected chi connectivity index (χ0v) is 3.66. The van der Waals surface area contributed by atoms with E-state index in [1.807, 2.05) is 0 Å². The van der Waals surface area contributed by atoms with Crippen LogP contribution in [0.1, 0.15) is 6.92 Å². The molecule has 2 heteroatoms. The average Bonchev–Trinajstić information content (AvgIpc) is 1.00. The summed E-state index contributed by atoms with van der Waals surface area (Å²) in [6, 6.07) is 0. The molecule has 0 atom stereocenters. The number of rotatable bonds is 0. The van der Waals surface area contributed by atoms with E-state index in [9.17, 15) is 0 Å². The fourth-order valence-electron chi connectivity index (χ4n) is 0. The van der Waals surface area contributed by atoms with Crippen LogP contribution in [0, 0.1) is 6.92 Å². The zero-order chi connectivity index (χ0) is 2.00. The molecule has 4 heavy (non-hydrogen) atoms. The second-order valence-corrected chi connectivity index (χ2v) is 0. The zero-order valence-electron chi connectivity index (χ0n) is 2.56. The number of hydrogen-bond donors (Lipinski definition) is 0. The molecule has 0 aromatic carbocycles. The van der Waals surface area contributed by atoms with Gasteiger partial charge in [-0.2, -0.15) is 6.92 Å². The van der Waals surface area contributed by atoms with Gasteiger partial charge in [0.05, 0.1) is 0 Å². The van der Waals surface area contributed by atoms with Gasteiger partial charge < -0.3 is 12.4 Å². The largest absolute Gasteiger partial charge is 0.412 e. The van der Waals surface area contributed by atoms with Gasteiger partial charge in [0, 0.05) is 17.1 Å². The molecule has 30 valence electrons. The van der Waals surface area contributed by atoms with E-state index in [0.717, 1.165) is 0 Å². The monoisotopic (exact) mass is 103 g/mol. The minimum Gasteiger partial charge on any atom is -0.412 e. The van der Waals surface area contributed by atoms with Gasteiger partial charge in [0.2, 0.25) is 0 Å². The molecule has 0 saturated heterocycles. The van der Waals surface area contributed by atoms with Gasteiger partial charge in [-0.15, -0.1) is 0 Å². The SMILES string of the molecule is O.[CH2-]C.[Fe]. The van der Waals surface area contributed by atoms with E-state index in [1.165, 1.54) is 0 Å². The van der Waals surface area contributed by atoms with Gasteiger partial charge in [-0.25, -0.2) is 0 Å². The van der Waals surface area contributed by atoms with Crippen molar-refractivity contribution in [2.45, 2.75) is 6.92 Å². The van der Waals surface area contributed by atoms with E-state index in [2.05, 4.69) is 6.92 Å². The van der Waals surface area contributed by atoms with E-state index >= 15 is 0 Å². The molecule has 2 N–H and O–H groups in total. The van der Waals surface area contributed by atoms with Crippen molar-refractivity contribution >= 4 is 0 Å². The molecule has 0 aromatic rings. The van der Waals surface area contributed by atoms with Crippen LogP contribution in [0.4, 0.5) is 0 Å². The average molecular weight is 103 g/mol. The molecule has 0 radical (unpaired) electrons. The fourth-order valence-corrected chi connectivity index (χ4v) is 0. The molecule has 0 bridgehead atoms.